The Hall–Kier alpha value is -0.360. The summed E-state index contributed by atoms with van der Waals surface area (Å²) in [4.78, 5) is -2.12. The molecule has 0 aliphatic rings. The molecule has 15 heavy (non-hydrogen) atoms. The van der Waals surface area contributed by atoms with Gasteiger partial charge < -0.3 is 0 Å². The van der Waals surface area contributed by atoms with Gasteiger partial charge in [0.25, 0.3) is 0 Å². The second-order valence-electron chi connectivity index (χ2n) is 2.70. The second kappa shape index (κ2) is 4.25. The minimum Gasteiger partial charge on any atom is -0.205 e. The van der Waals surface area contributed by atoms with Gasteiger partial charge in [-0.25, -0.2) is 8.78 Å². The molecule has 7 heteroatoms. The lowest BCUT2D eigenvalue weighted by Gasteiger charge is -2.14. The lowest BCUT2D eigenvalue weighted by Crippen LogP contribution is -2.15. The van der Waals surface area contributed by atoms with Crippen molar-refractivity contribution in [3.05, 3.63) is 34.4 Å². The fraction of sp³-hybridized carbons (Fsp3) is 0.250. The molecule has 0 saturated heterocycles. The molecule has 0 fully saturated rings. The largest absolute Gasteiger partial charge is 0.405 e. The van der Waals surface area contributed by atoms with Crippen molar-refractivity contribution in [1.82, 2.24) is 0 Å². The quantitative estimate of drug-likeness (QED) is 0.403. The van der Waals surface area contributed by atoms with Crippen LogP contribution in [-0.2, 0) is 0 Å². The van der Waals surface area contributed by atoms with Crippen LogP contribution >= 0.6 is 27.5 Å². The van der Waals surface area contributed by atoms with Crippen molar-refractivity contribution < 1.29 is 22.0 Å². The first-order valence-electron chi connectivity index (χ1n) is 3.58. The number of alkyl halides is 4. The van der Waals surface area contributed by atoms with Gasteiger partial charge in [0.1, 0.15) is 21.5 Å². The molecule has 0 amide bonds. The zero-order chi connectivity index (χ0) is 11.8. The third-order valence-corrected chi connectivity index (χ3v) is 3.00. The molecule has 0 aliphatic carbocycles. The van der Waals surface area contributed by atoms with Gasteiger partial charge in [-0.3, -0.25) is 0 Å². The summed E-state index contributed by atoms with van der Waals surface area (Å²) >= 11 is 7.42. The van der Waals surface area contributed by atoms with Gasteiger partial charge in [0.15, 0.2) is 0 Å². The molecule has 0 heterocycles. The molecule has 1 aromatic carbocycles. The normalized spacial score (nSPS) is 14.1. The maximum Gasteiger partial charge on any atom is 0.405 e. The van der Waals surface area contributed by atoms with Crippen LogP contribution in [0, 0.1) is 11.6 Å². The fourth-order valence-corrected chi connectivity index (χ4v) is 1.28. The van der Waals surface area contributed by atoms with Gasteiger partial charge in [-0.05, 0) is 17.7 Å². The third kappa shape index (κ3) is 2.81. The predicted molar refractivity (Wildman–Crippen MR) is 49.1 cm³/mol. The minimum absolute atomic E-state index is 0.540. The van der Waals surface area contributed by atoms with Crippen molar-refractivity contribution in [1.29, 1.82) is 0 Å². The molecular formula is C8H3BrClF5. The molecule has 1 aromatic rings. The molecule has 1 rings (SSSR count). The zero-order valence-corrected chi connectivity index (χ0v) is 9.22. The minimum atomic E-state index is -4.62. The van der Waals surface area contributed by atoms with Crippen LogP contribution in [0.15, 0.2) is 12.1 Å². The lowest BCUT2D eigenvalue weighted by molar-refractivity contribution is -0.128. The first-order valence-corrected chi connectivity index (χ1v) is 4.88. The van der Waals surface area contributed by atoms with Gasteiger partial charge in [-0.2, -0.15) is 13.2 Å². The summed E-state index contributed by atoms with van der Waals surface area (Å²) in [5, 5.41) is -0.819. The van der Waals surface area contributed by atoms with Crippen LogP contribution in [-0.4, -0.2) is 6.18 Å². The summed E-state index contributed by atoms with van der Waals surface area (Å²) in [7, 11) is 0. The average Bonchev–Trinajstić information content (AvgIpc) is 2.10. The number of benzene rings is 1. The molecule has 0 nitrogen and oxygen atoms in total. The van der Waals surface area contributed by atoms with E-state index >= 15 is 0 Å². The molecule has 1 unspecified atom stereocenters. The fourth-order valence-electron chi connectivity index (χ4n) is 0.910. The van der Waals surface area contributed by atoms with Crippen LogP contribution in [0.2, 0.25) is 5.02 Å². The van der Waals surface area contributed by atoms with Crippen LogP contribution in [0.4, 0.5) is 22.0 Å². The van der Waals surface area contributed by atoms with Crippen LogP contribution < -0.4 is 0 Å². The van der Waals surface area contributed by atoms with Crippen LogP contribution in [0.3, 0.4) is 0 Å². The smallest absolute Gasteiger partial charge is 0.205 e. The molecule has 0 bridgehead atoms. The number of halogens is 7. The monoisotopic (exact) mass is 308 g/mol. The van der Waals surface area contributed by atoms with E-state index in [-0.39, 0.29) is 0 Å². The molecule has 0 radical (unpaired) electrons. The van der Waals surface area contributed by atoms with Crippen molar-refractivity contribution in [2.24, 2.45) is 0 Å². The molecule has 0 aromatic heterocycles. The number of hydrogen-bond acceptors (Lipinski definition) is 0. The maximum atomic E-state index is 12.8. The van der Waals surface area contributed by atoms with Gasteiger partial charge in [-0.1, -0.05) is 27.5 Å². The van der Waals surface area contributed by atoms with E-state index in [0.29, 0.717) is 12.1 Å². The van der Waals surface area contributed by atoms with Crippen molar-refractivity contribution in [3.63, 3.8) is 0 Å². The molecular weight excluding hydrogens is 306 g/mol. The Labute approximate surface area is 95.2 Å². The molecule has 84 valence electrons. The lowest BCUT2D eigenvalue weighted by atomic mass is 10.1. The van der Waals surface area contributed by atoms with Crippen LogP contribution in [0.25, 0.3) is 0 Å². The summed E-state index contributed by atoms with van der Waals surface area (Å²) < 4.78 is 62.2. The van der Waals surface area contributed by atoms with E-state index in [1.165, 1.54) is 0 Å². The van der Waals surface area contributed by atoms with E-state index in [9.17, 15) is 22.0 Å². The van der Waals surface area contributed by atoms with E-state index in [4.69, 9.17) is 11.6 Å². The van der Waals surface area contributed by atoms with Gasteiger partial charge >= 0.3 is 6.18 Å². The Morgan fingerprint density at radius 2 is 1.53 bits per heavy atom. The van der Waals surface area contributed by atoms with Crippen LogP contribution in [0.1, 0.15) is 10.4 Å². The summed E-state index contributed by atoms with van der Waals surface area (Å²) in [6, 6.07) is 1.08. The Kier molecular flexibility index (Phi) is 3.60. The molecule has 0 N–H and O–H groups in total. The number of rotatable bonds is 1. The first kappa shape index (κ1) is 12.7. The highest BCUT2D eigenvalue weighted by atomic mass is 79.9. The van der Waals surface area contributed by atoms with Gasteiger partial charge in [0.2, 0.25) is 0 Å². The number of hydrogen-bond donors (Lipinski definition) is 0. The highest BCUT2D eigenvalue weighted by molar-refractivity contribution is 9.09. The SMILES string of the molecule is Fc1cc(C(Br)C(F)(F)F)cc(F)c1Cl. The van der Waals surface area contributed by atoms with E-state index in [1.54, 1.807) is 0 Å². The second-order valence-corrected chi connectivity index (χ2v) is 4.00. The molecule has 0 spiro atoms. The third-order valence-electron chi connectivity index (χ3n) is 1.59. The zero-order valence-electron chi connectivity index (χ0n) is 6.88. The summed E-state index contributed by atoms with van der Waals surface area (Å²) in [6.45, 7) is 0. The van der Waals surface area contributed by atoms with E-state index < -0.39 is 33.2 Å². The molecule has 0 saturated carbocycles. The van der Waals surface area contributed by atoms with E-state index in [2.05, 4.69) is 15.9 Å². The first-order chi connectivity index (χ1) is 6.73. The predicted octanol–water partition coefficient (Wildman–Crippen LogP) is 4.62. The van der Waals surface area contributed by atoms with Crippen molar-refractivity contribution in [2.45, 2.75) is 11.0 Å². The maximum absolute atomic E-state index is 12.8. The van der Waals surface area contributed by atoms with Crippen molar-refractivity contribution in [3.8, 4) is 0 Å². The summed E-state index contributed by atoms with van der Waals surface area (Å²) in [5.74, 6) is -2.44. The van der Waals surface area contributed by atoms with Crippen LogP contribution in [0.5, 0.6) is 0 Å². The van der Waals surface area contributed by atoms with E-state index in [0.717, 1.165) is 0 Å². The van der Waals surface area contributed by atoms with Crippen molar-refractivity contribution >= 4 is 27.5 Å². The standard InChI is InChI=1S/C8H3BrClF5/c9-7(8(13,14)15)3-1-4(11)6(10)5(12)2-3/h1-2,7H. The topological polar surface area (TPSA) is 0 Å². The Bertz CT molecular complexity index is 353. The Morgan fingerprint density at radius 1 is 1.13 bits per heavy atom. The molecule has 0 aliphatic heterocycles. The summed E-state index contributed by atoms with van der Waals surface area (Å²) in [6.07, 6.45) is -4.62. The average molecular weight is 309 g/mol. The Balaban J connectivity index is 3.17. The van der Waals surface area contributed by atoms with Crippen molar-refractivity contribution in [2.75, 3.05) is 0 Å². The summed E-state index contributed by atoms with van der Waals surface area (Å²) in [5.41, 5.74) is -0.568. The van der Waals surface area contributed by atoms with Gasteiger partial charge in [-0.15, -0.1) is 0 Å². The Morgan fingerprint density at radius 3 is 1.87 bits per heavy atom. The van der Waals surface area contributed by atoms with E-state index in [1.807, 2.05) is 0 Å². The highest BCUT2D eigenvalue weighted by Gasteiger charge is 2.39. The molecule has 1 atom stereocenters. The highest BCUT2D eigenvalue weighted by Crippen LogP contribution is 2.40. The van der Waals surface area contributed by atoms with Gasteiger partial charge in [0.05, 0.1) is 0 Å². The van der Waals surface area contributed by atoms with Gasteiger partial charge in [0, 0.05) is 0 Å².